The van der Waals surface area contributed by atoms with Crippen LogP contribution in [0.2, 0.25) is 0 Å². The van der Waals surface area contributed by atoms with E-state index in [0.717, 1.165) is 18.4 Å². The van der Waals surface area contributed by atoms with Crippen molar-refractivity contribution in [1.82, 2.24) is 10.6 Å². The Morgan fingerprint density at radius 3 is 2.60 bits per heavy atom. The van der Waals surface area contributed by atoms with Crippen molar-refractivity contribution in [2.45, 2.75) is 44.2 Å². The number of hydrogen-bond acceptors (Lipinski definition) is 3. The molecule has 0 radical (unpaired) electrons. The highest BCUT2D eigenvalue weighted by atomic mass is 16.3. The predicted octanol–water partition coefficient (Wildman–Crippen LogP) is 1.76. The minimum absolute atomic E-state index is 0.0360. The molecule has 0 spiro atoms. The molecule has 1 amide bonds. The number of carbonyl (C=O) groups excluding carboxylic acids is 1. The SMILES string of the molecule is O=C(CCNC(CO)c1ccccc1)NC1CCCC1. The van der Waals surface area contributed by atoms with E-state index >= 15 is 0 Å². The van der Waals surface area contributed by atoms with Gasteiger partial charge in [0.1, 0.15) is 0 Å². The molecule has 2 rings (SSSR count). The third-order valence-corrected chi connectivity index (χ3v) is 3.85. The first-order valence-corrected chi connectivity index (χ1v) is 7.48. The van der Waals surface area contributed by atoms with Crippen molar-refractivity contribution in [3.63, 3.8) is 0 Å². The van der Waals surface area contributed by atoms with E-state index in [4.69, 9.17) is 0 Å². The molecule has 1 fully saturated rings. The first kappa shape index (κ1) is 15.0. The molecule has 1 unspecified atom stereocenters. The van der Waals surface area contributed by atoms with Gasteiger partial charge in [0.05, 0.1) is 12.6 Å². The molecule has 4 heteroatoms. The summed E-state index contributed by atoms with van der Waals surface area (Å²) in [6, 6.07) is 10.1. The van der Waals surface area contributed by atoms with Crippen molar-refractivity contribution in [2.24, 2.45) is 0 Å². The minimum Gasteiger partial charge on any atom is -0.394 e. The number of aliphatic hydroxyl groups excluding tert-OH is 1. The highest BCUT2D eigenvalue weighted by Crippen LogP contribution is 2.17. The van der Waals surface area contributed by atoms with Gasteiger partial charge in [0.15, 0.2) is 0 Å². The maximum Gasteiger partial charge on any atom is 0.221 e. The Morgan fingerprint density at radius 1 is 1.25 bits per heavy atom. The van der Waals surface area contributed by atoms with E-state index in [1.165, 1.54) is 12.8 Å². The summed E-state index contributed by atoms with van der Waals surface area (Å²) in [5.41, 5.74) is 1.05. The second-order valence-corrected chi connectivity index (χ2v) is 5.40. The Morgan fingerprint density at radius 2 is 1.95 bits per heavy atom. The normalized spacial score (nSPS) is 17.1. The lowest BCUT2D eigenvalue weighted by Crippen LogP contribution is -2.35. The van der Waals surface area contributed by atoms with E-state index in [2.05, 4.69) is 10.6 Å². The number of carbonyl (C=O) groups is 1. The zero-order chi connectivity index (χ0) is 14.2. The van der Waals surface area contributed by atoms with Gasteiger partial charge in [0.2, 0.25) is 5.91 Å². The van der Waals surface area contributed by atoms with Crippen LogP contribution in [0, 0.1) is 0 Å². The Balaban J connectivity index is 1.69. The van der Waals surface area contributed by atoms with E-state index in [0.29, 0.717) is 19.0 Å². The zero-order valence-electron chi connectivity index (χ0n) is 11.8. The van der Waals surface area contributed by atoms with E-state index in [9.17, 15) is 9.90 Å². The number of benzene rings is 1. The first-order chi connectivity index (χ1) is 9.79. The molecule has 0 saturated heterocycles. The van der Waals surface area contributed by atoms with Crippen LogP contribution in [0.5, 0.6) is 0 Å². The maximum atomic E-state index is 11.8. The van der Waals surface area contributed by atoms with Gasteiger partial charge < -0.3 is 15.7 Å². The van der Waals surface area contributed by atoms with Crippen molar-refractivity contribution in [3.8, 4) is 0 Å². The van der Waals surface area contributed by atoms with Crippen molar-refractivity contribution < 1.29 is 9.90 Å². The first-order valence-electron chi connectivity index (χ1n) is 7.48. The lowest BCUT2D eigenvalue weighted by Gasteiger charge is -2.17. The summed E-state index contributed by atoms with van der Waals surface area (Å²) in [5.74, 6) is 0.106. The molecule has 20 heavy (non-hydrogen) atoms. The van der Waals surface area contributed by atoms with E-state index in [-0.39, 0.29) is 18.6 Å². The lowest BCUT2D eigenvalue weighted by molar-refractivity contribution is -0.121. The van der Waals surface area contributed by atoms with E-state index < -0.39 is 0 Å². The predicted molar refractivity (Wildman–Crippen MR) is 79.3 cm³/mol. The van der Waals surface area contributed by atoms with Crippen molar-refractivity contribution in [2.75, 3.05) is 13.2 Å². The maximum absolute atomic E-state index is 11.8. The number of rotatable bonds is 7. The van der Waals surface area contributed by atoms with Gasteiger partial charge >= 0.3 is 0 Å². The van der Waals surface area contributed by atoms with Crippen LogP contribution >= 0.6 is 0 Å². The largest absolute Gasteiger partial charge is 0.394 e. The topological polar surface area (TPSA) is 61.4 Å². The van der Waals surface area contributed by atoms with Crippen molar-refractivity contribution >= 4 is 5.91 Å². The van der Waals surface area contributed by atoms with Gasteiger partial charge in [0.25, 0.3) is 0 Å². The van der Waals surface area contributed by atoms with Crippen LogP contribution in [0.15, 0.2) is 30.3 Å². The van der Waals surface area contributed by atoms with Gasteiger partial charge in [-0.25, -0.2) is 0 Å². The molecule has 1 aromatic carbocycles. The van der Waals surface area contributed by atoms with Gasteiger partial charge in [-0.2, -0.15) is 0 Å². The molecule has 0 aromatic heterocycles. The van der Waals surface area contributed by atoms with Gasteiger partial charge in [-0.05, 0) is 18.4 Å². The summed E-state index contributed by atoms with van der Waals surface area (Å²) in [4.78, 5) is 11.8. The van der Waals surface area contributed by atoms with Crippen LogP contribution in [0.25, 0.3) is 0 Å². The molecular formula is C16H24N2O2. The Hall–Kier alpha value is -1.39. The molecule has 4 nitrogen and oxygen atoms in total. The molecule has 1 saturated carbocycles. The monoisotopic (exact) mass is 276 g/mol. The van der Waals surface area contributed by atoms with Crippen LogP contribution < -0.4 is 10.6 Å². The Kier molecular flexibility index (Phi) is 6.02. The summed E-state index contributed by atoms with van der Waals surface area (Å²) < 4.78 is 0. The van der Waals surface area contributed by atoms with Crippen LogP contribution in [0.3, 0.4) is 0 Å². The molecule has 1 aliphatic carbocycles. The van der Waals surface area contributed by atoms with Gasteiger partial charge in [-0.15, -0.1) is 0 Å². The van der Waals surface area contributed by atoms with Crippen LogP contribution in [-0.4, -0.2) is 30.2 Å². The summed E-state index contributed by atoms with van der Waals surface area (Å²) >= 11 is 0. The van der Waals surface area contributed by atoms with Crippen molar-refractivity contribution in [3.05, 3.63) is 35.9 Å². The lowest BCUT2D eigenvalue weighted by atomic mass is 10.1. The molecule has 0 bridgehead atoms. The second-order valence-electron chi connectivity index (χ2n) is 5.40. The van der Waals surface area contributed by atoms with Gasteiger partial charge in [-0.1, -0.05) is 43.2 Å². The van der Waals surface area contributed by atoms with Gasteiger partial charge in [0, 0.05) is 19.0 Å². The fourth-order valence-corrected chi connectivity index (χ4v) is 2.70. The quantitative estimate of drug-likeness (QED) is 0.711. The molecular weight excluding hydrogens is 252 g/mol. The molecule has 0 heterocycles. The molecule has 3 N–H and O–H groups in total. The third-order valence-electron chi connectivity index (χ3n) is 3.85. The van der Waals surface area contributed by atoms with Gasteiger partial charge in [-0.3, -0.25) is 4.79 Å². The number of aliphatic hydroxyl groups is 1. The summed E-state index contributed by atoms with van der Waals surface area (Å²) in [6.07, 6.45) is 5.14. The minimum atomic E-state index is -0.101. The highest BCUT2D eigenvalue weighted by molar-refractivity contribution is 5.76. The summed E-state index contributed by atoms with van der Waals surface area (Å²) in [7, 11) is 0. The number of hydrogen-bond donors (Lipinski definition) is 3. The summed E-state index contributed by atoms with van der Waals surface area (Å²) in [6.45, 7) is 0.618. The molecule has 0 aliphatic heterocycles. The molecule has 110 valence electrons. The van der Waals surface area contributed by atoms with E-state index in [1.807, 2.05) is 30.3 Å². The average Bonchev–Trinajstić information content (AvgIpc) is 2.97. The number of nitrogens with one attached hydrogen (secondary N) is 2. The Labute approximate surface area is 120 Å². The van der Waals surface area contributed by atoms with E-state index in [1.54, 1.807) is 0 Å². The zero-order valence-corrected chi connectivity index (χ0v) is 11.8. The van der Waals surface area contributed by atoms with Crippen LogP contribution in [0.4, 0.5) is 0 Å². The third kappa shape index (κ3) is 4.62. The Bertz CT molecular complexity index is 402. The van der Waals surface area contributed by atoms with Crippen molar-refractivity contribution in [1.29, 1.82) is 0 Å². The fraction of sp³-hybridized carbons (Fsp3) is 0.562. The standard InChI is InChI=1S/C16H24N2O2/c19-12-15(13-6-2-1-3-7-13)17-11-10-16(20)18-14-8-4-5-9-14/h1-3,6-7,14-15,17,19H,4-5,8-12H2,(H,18,20). The second kappa shape index (κ2) is 8.02. The molecule has 1 aliphatic rings. The average molecular weight is 276 g/mol. The van der Waals surface area contributed by atoms with Crippen LogP contribution in [0.1, 0.15) is 43.7 Å². The molecule has 1 aromatic rings. The highest BCUT2D eigenvalue weighted by Gasteiger charge is 2.17. The number of amides is 1. The fourth-order valence-electron chi connectivity index (χ4n) is 2.70. The smallest absolute Gasteiger partial charge is 0.221 e. The molecule has 1 atom stereocenters. The van der Waals surface area contributed by atoms with Crippen LogP contribution in [-0.2, 0) is 4.79 Å². The summed E-state index contributed by atoms with van der Waals surface area (Å²) in [5, 5.41) is 15.7.